The molecule has 0 heterocycles. The highest BCUT2D eigenvalue weighted by Gasteiger charge is 2.27. The van der Waals surface area contributed by atoms with Crippen molar-refractivity contribution in [1.82, 2.24) is 0 Å². The summed E-state index contributed by atoms with van der Waals surface area (Å²) < 4.78 is 10.9. The molecule has 0 aliphatic heterocycles. The Morgan fingerprint density at radius 2 is 1.71 bits per heavy atom. The normalized spacial score (nSPS) is 15.9. The van der Waals surface area contributed by atoms with Crippen LogP contribution in [0.1, 0.15) is 27.2 Å². The van der Waals surface area contributed by atoms with Gasteiger partial charge in [0.05, 0.1) is 39.8 Å². The van der Waals surface area contributed by atoms with Crippen LogP contribution in [-0.4, -0.2) is 62.4 Å². The molecule has 0 fully saturated rings. The first-order valence-electron chi connectivity index (χ1n) is 6.95. The molecule has 0 aliphatic rings. The molecule has 21 heavy (non-hydrogen) atoms. The number of hydrogen-bond acceptors (Lipinski definition) is 5. The maximum atomic E-state index is 11.3. The van der Waals surface area contributed by atoms with Crippen LogP contribution in [0.25, 0.3) is 0 Å². The lowest BCUT2D eigenvalue weighted by atomic mass is 10.1. The van der Waals surface area contributed by atoms with Gasteiger partial charge in [0, 0.05) is 12.0 Å². The highest BCUT2D eigenvalue weighted by Crippen LogP contribution is 2.12. The van der Waals surface area contributed by atoms with Crippen LogP contribution in [0, 0.1) is 0 Å². The minimum Gasteiger partial charge on any atom is -0.544 e. The van der Waals surface area contributed by atoms with Crippen LogP contribution in [0.4, 0.5) is 0 Å². The summed E-state index contributed by atoms with van der Waals surface area (Å²) in [5, 5.41) is 11.2. The first-order valence-corrected chi connectivity index (χ1v) is 6.95. The Bertz CT molecular complexity index is 386. The van der Waals surface area contributed by atoms with Crippen molar-refractivity contribution in [3.8, 4) is 0 Å². The molecular formula is C15H27NO5. The lowest BCUT2D eigenvalue weighted by Gasteiger charge is -2.36. The van der Waals surface area contributed by atoms with Crippen molar-refractivity contribution in [2.24, 2.45) is 0 Å². The Morgan fingerprint density at radius 1 is 1.19 bits per heavy atom. The van der Waals surface area contributed by atoms with E-state index >= 15 is 0 Å². The lowest BCUT2D eigenvalue weighted by molar-refractivity contribution is -0.890. The van der Waals surface area contributed by atoms with Crippen LogP contribution in [0.2, 0.25) is 0 Å². The molecular weight excluding hydrogens is 274 g/mol. The predicted molar refractivity (Wildman–Crippen MR) is 77.2 cm³/mol. The zero-order valence-corrected chi connectivity index (χ0v) is 13.8. The van der Waals surface area contributed by atoms with E-state index in [1.54, 1.807) is 41.9 Å². The standard InChI is InChI=1S/C15H27NO5/c1-10(2)15(19)21-12(4)9-20-11(3)8-13(14(17)18)16(5,6)7/h11-13H,1,8-9H2,2-7H3. The van der Waals surface area contributed by atoms with Gasteiger partial charge in [-0.2, -0.15) is 0 Å². The fourth-order valence-electron chi connectivity index (χ4n) is 1.73. The van der Waals surface area contributed by atoms with E-state index in [0.29, 0.717) is 12.0 Å². The topological polar surface area (TPSA) is 75.7 Å². The maximum absolute atomic E-state index is 11.3. The number of nitrogens with zero attached hydrogens (tertiary/aromatic N) is 1. The monoisotopic (exact) mass is 301 g/mol. The fourth-order valence-corrected chi connectivity index (χ4v) is 1.73. The van der Waals surface area contributed by atoms with E-state index in [2.05, 4.69) is 6.58 Å². The Morgan fingerprint density at radius 3 is 2.10 bits per heavy atom. The van der Waals surface area contributed by atoms with Gasteiger partial charge in [0.15, 0.2) is 0 Å². The molecule has 0 N–H and O–H groups in total. The van der Waals surface area contributed by atoms with Gasteiger partial charge in [0.2, 0.25) is 0 Å². The number of carboxylic acids is 1. The summed E-state index contributed by atoms with van der Waals surface area (Å²) >= 11 is 0. The molecule has 0 saturated heterocycles. The van der Waals surface area contributed by atoms with Gasteiger partial charge in [-0.05, 0) is 20.8 Å². The minimum absolute atomic E-state index is 0.205. The Labute approximate surface area is 126 Å². The molecule has 0 aromatic heterocycles. The largest absolute Gasteiger partial charge is 0.544 e. The number of carbonyl (C=O) groups is 2. The molecule has 0 amide bonds. The van der Waals surface area contributed by atoms with Gasteiger partial charge < -0.3 is 23.9 Å². The highest BCUT2D eigenvalue weighted by atomic mass is 16.6. The molecule has 6 nitrogen and oxygen atoms in total. The van der Waals surface area contributed by atoms with Crippen molar-refractivity contribution in [2.45, 2.75) is 45.4 Å². The van der Waals surface area contributed by atoms with Gasteiger partial charge in [0.25, 0.3) is 0 Å². The summed E-state index contributed by atoms with van der Waals surface area (Å²) in [6, 6.07) is -0.659. The number of esters is 1. The van der Waals surface area contributed by atoms with Crippen molar-refractivity contribution < 1.29 is 28.7 Å². The molecule has 0 saturated carbocycles. The summed E-state index contributed by atoms with van der Waals surface area (Å²) in [4.78, 5) is 22.5. The van der Waals surface area contributed by atoms with Crippen molar-refractivity contribution in [3.05, 3.63) is 12.2 Å². The molecule has 0 aromatic rings. The molecule has 6 heteroatoms. The fraction of sp³-hybridized carbons (Fsp3) is 0.733. The average molecular weight is 301 g/mol. The molecule has 3 atom stereocenters. The van der Waals surface area contributed by atoms with Crippen LogP contribution in [0.15, 0.2) is 12.2 Å². The Balaban J connectivity index is 4.31. The second-order valence-corrected chi connectivity index (χ2v) is 6.33. The second-order valence-electron chi connectivity index (χ2n) is 6.33. The van der Waals surface area contributed by atoms with Crippen LogP contribution in [0.3, 0.4) is 0 Å². The van der Waals surface area contributed by atoms with Gasteiger partial charge in [-0.25, -0.2) is 4.79 Å². The third kappa shape index (κ3) is 7.82. The molecule has 122 valence electrons. The lowest BCUT2D eigenvalue weighted by Crippen LogP contribution is -2.56. The van der Waals surface area contributed by atoms with Gasteiger partial charge in [0.1, 0.15) is 12.1 Å². The van der Waals surface area contributed by atoms with Gasteiger partial charge in [-0.3, -0.25) is 0 Å². The van der Waals surface area contributed by atoms with E-state index in [4.69, 9.17) is 9.47 Å². The summed E-state index contributed by atoms with van der Waals surface area (Å²) in [6.07, 6.45) is -0.370. The van der Waals surface area contributed by atoms with Crippen LogP contribution >= 0.6 is 0 Å². The third-order valence-electron chi connectivity index (χ3n) is 3.03. The Kier molecular flexibility index (Phi) is 7.60. The van der Waals surface area contributed by atoms with Crippen LogP contribution in [0.5, 0.6) is 0 Å². The van der Waals surface area contributed by atoms with E-state index in [-0.39, 0.29) is 17.2 Å². The van der Waals surface area contributed by atoms with E-state index in [9.17, 15) is 14.7 Å². The summed E-state index contributed by atoms with van der Waals surface area (Å²) in [6.45, 7) is 8.78. The quantitative estimate of drug-likeness (QED) is 0.343. The van der Waals surface area contributed by atoms with Crippen molar-refractivity contribution >= 4 is 11.9 Å². The van der Waals surface area contributed by atoms with E-state index in [0.717, 1.165) is 0 Å². The first-order chi connectivity index (χ1) is 9.45. The maximum Gasteiger partial charge on any atom is 0.333 e. The first kappa shape index (κ1) is 19.6. The summed E-state index contributed by atoms with van der Waals surface area (Å²) in [5.74, 6) is -1.56. The van der Waals surface area contributed by atoms with Crippen LogP contribution in [-0.2, 0) is 19.1 Å². The number of hydrogen-bond donors (Lipinski definition) is 0. The molecule has 0 radical (unpaired) electrons. The smallest absolute Gasteiger partial charge is 0.333 e. The third-order valence-corrected chi connectivity index (χ3v) is 3.03. The number of carbonyl (C=O) groups excluding carboxylic acids is 2. The number of ether oxygens (including phenoxy) is 2. The average Bonchev–Trinajstić information content (AvgIpc) is 2.31. The second kappa shape index (κ2) is 8.14. The molecule has 0 aromatic carbocycles. The molecule has 0 bridgehead atoms. The molecule has 0 spiro atoms. The number of rotatable bonds is 9. The summed E-state index contributed by atoms with van der Waals surface area (Å²) in [7, 11) is 5.39. The zero-order valence-electron chi connectivity index (χ0n) is 13.8. The van der Waals surface area contributed by atoms with Gasteiger partial charge in [-0.15, -0.1) is 0 Å². The van der Waals surface area contributed by atoms with E-state index in [1.807, 2.05) is 0 Å². The van der Waals surface area contributed by atoms with Crippen LogP contribution < -0.4 is 5.11 Å². The molecule has 0 rings (SSSR count). The van der Waals surface area contributed by atoms with Crippen molar-refractivity contribution in [3.63, 3.8) is 0 Å². The predicted octanol–water partition coefficient (Wildman–Crippen LogP) is 0.114. The van der Waals surface area contributed by atoms with E-state index < -0.39 is 24.1 Å². The number of carboxylic acid groups (broad SMARTS) is 1. The highest BCUT2D eigenvalue weighted by molar-refractivity contribution is 5.87. The number of likely N-dealkylation sites (N-methyl/N-ethyl adjacent to an activating group) is 1. The van der Waals surface area contributed by atoms with Gasteiger partial charge >= 0.3 is 5.97 Å². The SMILES string of the molecule is C=C(C)C(=O)OC(C)COC(C)CC(C(=O)[O-])[N+](C)(C)C. The van der Waals surface area contributed by atoms with Gasteiger partial charge in [-0.1, -0.05) is 6.58 Å². The summed E-state index contributed by atoms with van der Waals surface area (Å²) in [5.41, 5.74) is 0.331. The zero-order chi connectivity index (χ0) is 16.8. The molecule has 3 unspecified atom stereocenters. The van der Waals surface area contributed by atoms with Crippen molar-refractivity contribution in [2.75, 3.05) is 27.7 Å². The Hall–Kier alpha value is -1.40. The van der Waals surface area contributed by atoms with E-state index in [1.165, 1.54) is 0 Å². The number of aliphatic carboxylic acids is 1. The number of quaternary nitrogens is 1. The van der Waals surface area contributed by atoms with Crippen molar-refractivity contribution in [1.29, 1.82) is 0 Å². The molecule has 0 aliphatic carbocycles. The minimum atomic E-state index is -1.10.